The number of hydrogen-bond acceptors (Lipinski definition) is 6. The van der Waals surface area contributed by atoms with Crippen LogP contribution in [0.25, 0.3) is 21.9 Å². The SMILES string of the molecule is CNC(=O)Oc1cc(F)c(Cl)c2c1[nH]c1nc(C(C)(C)C)c(Br)c(N3CC[C@@]4(C[C@@H]4NC(=O)OC(C)(C)C)C3)c12. The van der Waals surface area contributed by atoms with Gasteiger partial charge in [-0.05, 0) is 49.5 Å². The van der Waals surface area contributed by atoms with Gasteiger partial charge in [-0.2, -0.15) is 0 Å². The van der Waals surface area contributed by atoms with Crippen molar-refractivity contribution in [3.63, 3.8) is 0 Å². The molecule has 40 heavy (non-hydrogen) atoms. The first-order valence-electron chi connectivity index (χ1n) is 13.2. The number of nitrogens with one attached hydrogen (secondary N) is 3. The number of alkyl carbamates (subject to hydrolysis) is 1. The zero-order valence-corrected chi connectivity index (χ0v) is 26.0. The Balaban J connectivity index is 1.62. The van der Waals surface area contributed by atoms with Crippen LogP contribution in [0.1, 0.15) is 60.1 Å². The van der Waals surface area contributed by atoms with Gasteiger partial charge in [0.2, 0.25) is 0 Å². The Labute approximate surface area is 245 Å². The fraction of sp³-hybridized carbons (Fsp3) is 0.536. The minimum atomic E-state index is -0.731. The quantitative estimate of drug-likeness (QED) is 0.292. The van der Waals surface area contributed by atoms with Gasteiger partial charge in [-0.1, -0.05) is 32.4 Å². The third-order valence-electron chi connectivity index (χ3n) is 7.49. The van der Waals surface area contributed by atoms with Crippen molar-refractivity contribution < 1.29 is 23.5 Å². The lowest BCUT2D eigenvalue weighted by atomic mass is 9.90. The van der Waals surface area contributed by atoms with Crippen molar-refractivity contribution >= 4 is 67.3 Å². The molecule has 1 aliphatic heterocycles. The number of fused-ring (bicyclic) bond motifs is 3. The largest absolute Gasteiger partial charge is 0.444 e. The van der Waals surface area contributed by atoms with Gasteiger partial charge >= 0.3 is 12.2 Å². The van der Waals surface area contributed by atoms with E-state index in [-0.39, 0.29) is 27.6 Å². The molecular weight excluding hydrogens is 605 g/mol. The number of halogens is 3. The van der Waals surface area contributed by atoms with Crippen molar-refractivity contribution in [2.45, 2.75) is 71.4 Å². The summed E-state index contributed by atoms with van der Waals surface area (Å²) in [7, 11) is 1.43. The molecule has 1 saturated heterocycles. The number of benzene rings is 1. The number of carbonyl (C=O) groups excluding carboxylic acids is 2. The molecule has 216 valence electrons. The van der Waals surface area contributed by atoms with E-state index in [1.54, 1.807) is 0 Å². The third-order valence-corrected chi connectivity index (χ3v) is 8.61. The van der Waals surface area contributed by atoms with Gasteiger partial charge in [-0.3, -0.25) is 0 Å². The molecule has 1 aliphatic carbocycles. The molecule has 5 rings (SSSR count). The molecule has 0 radical (unpaired) electrons. The molecule has 2 atom stereocenters. The maximum Gasteiger partial charge on any atom is 0.412 e. The standard InChI is InChI=1S/C28H34BrClFN5O4/c1-26(2,3)22-18(29)21(36-9-8-28(12-36)11-15(28)33-25(38)40-27(4,5)6)17-16-19(30)13(31)10-14(39-24(37)32-7)20(16)34-23(17)35-22/h10,15H,8-9,11-12H2,1-7H3,(H,32,37)(H,33,38)(H,34,35)/t15-,28+/m0/s1. The molecule has 0 unspecified atom stereocenters. The van der Waals surface area contributed by atoms with E-state index >= 15 is 4.39 Å². The highest BCUT2D eigenvalue weighted by atomic mass is 79.9. The second kappa shape index (κ2) is 9.65. The molecule has 2 fully saturated rings. The van der Waals surface area contributed by atoms with Gasteiger partial charge in [0.1, 0.15) is 17.1 Å². The van der Waals surface area contributed by atoms with Crippen LogP contribution in [0, 0.1) is 11.2 Å². The monoisotopic (exact) mass is 637 g/mol. The number of pyridine rings is 1. The van der Waals surface area contributed by atoms with Crippen LogP contribution < -0.4 is 20.3 Å². The predicted octanol–water partition coefficient (Wildman–Crippen LogP) is 6.78. The minimum absolute atomic E-state index is 0.00194. The summed E-state index contributed by atoms with van der Waals surface area (Å²) < 4.78 is 26.7. The number of anilines is 1. The van der Waals surface area contributed by atoms with Crippen LogP contribution in [0.4, 0.5) is 19.7 Å². The Morgan fingerprint density at radius 3 is 2.55 bits per heavy atom. The molecule has 9 nitrogen and oxygen atoms in total. The smallest absolute Gasteiger partial charge is 0.412 e. The first-order valence-corrected chi connectivity index (χ1v) is 14.4. The summed E-state index contributed by atoms with van der Waals surface area (Å²) in [5.74, 6) is -0.701. The average Bonchev–Trinajstić information content (AvgIpc) is 3.13. The van der Waals surface area contributed by atoms with E-state index in [0.29, 0.717) is 28.5 Å². The minimum Gasteiger partial charge on any atom is -0.444 e. The van der Waals surface area contributed by atoms with E-state index in [4.69, 9.17) is 26.1 Å². The molecule has 3 N–H and O–H groups in total. The number of nitrogens with zero attached hydrogens (tertiary/aromatic N) is 2. The maximum atomic E-state index is 15.1. The Bertz CT molecular complexity index is 1550. The number of carbonyl (C=O) groups is 2. The Morgan fingerprint density at radius 2 is 1.93 bits per heavy atom. The van der Waals surface area contributed by atoms with E-state index in [2.05, 4.69) is 57.2 Å². The van der Waals surface area contributed by atoms with Crippen molar-refractivity contribution in [1.29, 1.82) is 0 Å². The maximum absolute atomic E-state index is 15.1. The van der Waals surface area contributed by atoms with Gasteiger partial charge in [0, 0.05) is 48.5 Å². The molecule has 1 saturated carbocycles. The number of hydrogen-bond donors (Lipinski definition) is 3. The lowest BCUT2D eigenvalue weighted by molar-refractivity contribution is 0.0516. The second-order valence-electron chi connectivity index (χ2n) is 12.7. The molecular formula is C28H34BrClFN5O4. The number of ether oxygens (including phenoxy) is 2. The first-order chi connectivity index (χ1) is 18.5. The summed E-state index contributed by atoms with van der Waals surface area (Å²) in [6, 6.07) is 1.10. The molecule has 1 aromatic carbocycles. The number of aromatic amines is 1. The zero-order chi connectivity index (χ0) is 29.4. The number of H-pyrrole nitrogens is 1. The van der Waals surface area contributed by atoms with Gasteiger partial charge in [0.15, 0.2) is 5.75 Å². The van der Waals surface area contributed by atoms with Crippen molar-refractivity contribution in [3.05, 3.63) is 27.1 Å². The highest BCUT2D eigenvalue weighted by molar-refractivity contribution is 9.10. The van der Waals surface area contributed by atoms with Crippen LogP contribution in [0.2, 0.25) is 5.02 Å². The van der Waals surface area contributed by atoms with E-state index in [9.17, 15) is 9.59 Å². The fourth-order valence-corrected chi connectivity index (χ4v) is 6.90. The summed E-state index contributed by atoms with van der Waals surface area (Å²) >= 11 is 10.4. The fourth-order valence-electron chi connectivity index (χ4n) is 5.52. The van der Waals surface area contributed by atoms with Crippen molar-refractivity contribution in [1.82, 2.24) is 20.6 Å². The van der Waals surface area contributed by atoms with E-state index in [1.165, 1.54) is 7.05 Å². The number of aromatic nitrogens is 2. The molecule has 12 heteroatoms. The van der Waals surface area contributed by atoms with Gasteiger partial charge < -0.3 is 30.0 Å². The van der Waals surface area contributed by atoms with Gasteiger partial charge in [-0.25, -0.2) is 19.0 Å². The van der Waals surface area contributed by atoms with Gasteiger partial charge in [-0.15, -0.1) is 0 Å². The molecule has 2 aromatic heterocycles. The van der Waals surface area contributed by atoms with Crippen LogP contribution in [-0.2, 0) is 10.2 Å². The summed E-state index contributed by atoms with van der Waals surface area (Å²) in [5.41, 5.74) is 1.53. The van der Waals surface area contributed by atoms with Crippen LogP contribution in [-0.4, -0.2) is 53.9 Å². The highest BCUT2D eigenvalue weighted by Crippen LogP contribution is 2.56. The molecule has 1 spiro atoms. The lowest BCUT2D eigenvalue weighted by Gasteiger charge is -2.27. The summed E-state index contributed by atoms with van der Waals surface area (Å²) in [4.78, 5) is 34.9. The van der Waals surface area contributed by atoms with E-state index < -0.39 is 23.6 Å². The Morgan fingerprint density at radius 1 is 1.23 bits per heavy atom. The van der Waals surface area contributed by atoms with E-state index in [0.717, 1.165) is 41.3 Å². The van der Waals surface area contributed by atoms with Crippen LogP contribution in [0.5, 0.6) is 5.75 Å². The normalized spacial score (nSPS) is 20.9. The molecule has 2 amide bonds. The predicted molar refractivity (Wildman–Crippen MR) is 157 cm³/mol. The molecule has 0 bridgehead atoms. The van der Waals surface area contributed by atoms with Crippen LogP contribution in [0.15, 0.2) is 10.5 Å². The van der Waals surface area contributed by atoms with Crippen molar-refractivity contribution in [3.8, 4) is 5.75 Å². The second-order valence-corrected chi connectivity index (χ2v) is 13.9. The number of rotatable bonds is 3. The highest BCUT2D eigenvalue weighted by Gasteiger charge is 2.59. The summed E-state index contributed by atoms with van der Waals surface area (Å²) in [6.45, 7) is 13.1. The lowest BCUT2D eigenvalue weighted by Crippen LogP contribution is -2.36. The Hall–Kier alpha value is -2.79. The average molecular weight is 639 g/mol. The van der Waals surface area contributed by atoms with Crippen LogP contribution >= 0.6 is 27.5 Å². The van der Waals surface area contributed by atoms with Crippen molar-refractivity contribution in [2.24, 2.45) is 5.41 Å². The first kappa shape index (κ1) is 28.7. The summed E-state index contributed by atoms with van der Waals surface area (Å²) in [6.07, 6.45) is 0.557. The third kappa shape index (κ3) is 5.06. The topological polar surface area (TPSA) is 109 Å². The Kier molecular flexibility index (Phi) is 6.93. The van der Waals surface area contributed by atoms with Crippen molar-refractivity contribution in [2.75, 3.05) is 25.0 Å². The summed E-state index contributed by atoms with van der Waals surface area (Å²) in [5, 5.41) is 6.35. The van der Waals surface area contributed by atoms with Gasteiger partial charge in [0.05, 0.1) is 31.8 Å². The molecule has 2 aliphatic rings. The van der Waals surface area contributed by atoms with Gasteiger partial charge in [0.25, 0.3) is 0 Å². The number of amides is 2. The zero-order valence-electron chi connectivity index (χ0n) is 23.6. The van der Waals surface area contributed by atoms with Crippen LogP contribution in [0.3, 0.4) is 0 Å². The molecule has 3 aromatic rings. The van der Waals surface area contributed by atoms with E-state index in [1.807, 2.05) is 20.8 Å². The molecule has 3 heterocycles.